The van der Waals surface area contributed by atoms with Crippen LogP contribution in [0.5, 0.6) is 0 Å². The zero-order valence-electron chi connectivity index (χ0n) is 8.55. The molecule has 0 spiro atoms. The molecule has 3 nitrogen and oxygen atoms in total. The van der Waals surface area contributed by atoms with E-state index in [2.05, 4.69) is 6.07 Å². The molecule has 15 heavy (non-hydrogen) atoms. The Bertz CT molecular complexity index is 397. The second kappa shape index (κ2) is 4.63. The summed E-state index contributed by atoms with van der Waals surface area (Å²) in [7, 11) is -2.94. The van der Waals surface area contributed by atoms with Gasteiger partial charge in [0, 0.05) is 18.0 Å². The molecule has 0 unspecified atom stereocenters. The SMILES string of the molecule is O=S1(=O)CCCCN1CCc1cccs1. The van der Waals surface area contributed by atoms with Crippen molar-refractivity contribution in [2.45, 2.75) is 19.3 Å². The van der Waals surface area contributed by atoms with E-state index in [1.165, 1.54) is 4.88 Å². The summed E-state index contributed by atoms with van der Waals surface area (Å²) < 4.78 is 25.0. The van der Waals surface area contributed by atoms with Crippen LogP contribution in [0.25, 0.3) is 0 Å². The molecule has 2 rings (SSSR count). The van der Waals surface area contributed by atoms with Crippen molar-refractivity contribution in [3.8, 4) is 0 Å². The van der Waals surface area contributed by atoms with E-state index in [-0.39, 0.29) is 0 Å². The van der Waals surface area contributed by atoms with E-state index < -0.39 is 10.0 Å². The van der Waals surface area contributed by atoms with Crippen LogP contribution in [0.3, 0.4) is 0 Å². The standard InChI is InChI=1S/C10H15NO2S2/c12-15(13)9-2-1-6-11(15)7-5-10-4-3-8-14-10/h3-4,8H,1-2,5-7,9H2. The zero-order chi connectivity index (χ0) is 10.7. The minimum atomic E-state index is -2.94. The maximum atomic E-state index is 11.7. The van der Waals surface area contributed by atoms with Crippen LogP contribution in [0.2, 0.25) is 0 Å². The van der Waals surface area contributed by atoms with Gasteiger partial charge in [-0.15, -0.1) is 11.3 Å². The Morgan fingerprint density at radius 3 is 2.93 bits per heavy atom. The summed E-state index contributed by atoms with van der Waals surface area (Å²) in [4.78, 5) is 1.26. The van der Waals surface area contributed by atoms with Gasteiger partial charge in [0.15, 0.2) is 0 Å². The predicted octanol–water partition coefficient (Wildman–Crippen LogP) is 1.72. The predicted molar refractivity (Wildman–Crippen MR) is 62.6 cm³/mol. The lowest BCUT2D eigenvalue weighted by atomic mass is 10.3. The van der Waals surface area contributed by atoms with Crippen molar-refractivity contribution in [2.75, 3.05) is 18.8 Å². The zero-order valence-corrected chi connectivity index (χ0v) is 10.2. The van der Waals surface area contributed by atoms with Gasteiger partial charge in [0.2, 0.25) is 10.0 Å². The van der Waals surface area contributed by atoms with Gasteiger partial charge in [0.1, 0.15) is 0 Å². The molecule has 0 amide bonds. The molecule has 0 N–H and O–H groups in total. The molecule has 0 saturated carbocycles. The first-order valence-electron chi connectivity index (χ1n) is 5.19. The number of sulfonamides is 1. The van der Waals surface area contributed by atoms with Crippen LogP contribution in [0.1, 0.15) is 17.7 Å². The summed E-state index contributed by atoms with van der Waals surface area (Å²) in [5, 5.41) is 2.03. The molecule has 1 aromatic heterocycles. The normalized spacial score (nSPS) is 21.6. The quantitative estimate of drug-likeness (QED) is 0.813. The summed E-state index contributed by atoms with van der Waals surface area (Å²) in [6.07, 6.45) is 2.67. The minimum absolute atomic E-state index is 0.331. The van der Waals surface area contributed by atoms with Crippen LogP contribution >= 0.6 is 11.3 Å². The number of nitrogens with zero attached hydrogens (tertiary/aromatic N) is 1. The van der Waals surface area contributed by atoms with E-state index in [0.29, 0.717) is 18.8 Å². The number of hydrogen-bond acceptors (Lipinski definition) is 3. The van der Waals surface area contributed by atoms with Gasteiger partial charge in [-0.1, -0.05) is 6.07 Å². The van der Waals surface area contributed by atoms with Crippen LogP contribution < -0.4 is 0 Å². The van der Waals surface area contributed by atoms with Crippen molar-refractivity contribution >= 4 is 21.4 Å². The highest BCUT2D eigenvalue weighted by Gasteiger charge is 2.24. The Morgan fingerprint density at radius 1 is 1.40 bits per heavy atom. The molecule has 0 radical (unpaired) electrons. The molecule has 5 heteroatoms. The van der Waals surface area contributed by atoms with E-state index in [1.807, 2.05) is 11.4 Å². The van der Waals surface area contributed by atoms with E-state index in [1.54, 1.807) is 15.6 Å². The van der Waals surface area contributed by atoms with E-state index in [4.69, 9.17) is 0 Å². The molecule has 1 aliphatic rings. The molecule has 0 aromatic carbocycles. The molecule has 1 fully saturated rings. The molecule has 0 atom stereocenters. The lowest BCUT2D eigenvalue weighted by Gasteiger charge is -2.25. The van der Waals surface area contributed by atoms with Crippen molar-refractivity contribution in [1.29, 1.82) is 0 Å². The van der Waals surface area contributed by atoms with Gasteiger partial charge in [-0.05, 0) is 30.7 Å². The van der Waals surface area contributed by atoms with Gasteiger partial charge in [-0.3, -0.25) is 0 Å². The summed E-state index contributed by atoms with van der Waals surface area (Å²) in [5.74, 6) is 0.331. The Balaban J connectivity index is 1.94. The van der Waals surface area contributed by atoms with Crippen LogP contribution in [-0.2, 0) is 16.4 Å². The third-order valence-electron chi connectivity index (χ3n) is 2.64. The third-order valence-corrected chi connectivity index (χ3v) is 5.53. The van der Waals surface area contributed by atoms with Crippen molar-refractivity contribution < 1.29 is 8.42 Å². The fourth-order valence-electron chi connectivity index (χ4n) is 1.78. The lowest BCUT2D eigenvalue weighted by molar-refractivity contribution is 0.387. The Kier molecular flexibility index (Phi) is 3.43. The maximum absolute atomic E-state index is 11.7. The molecule has 84 valence electrons. The number of thiophene rings is 1. The van der Waals surface area contributed by atoms with Gasteiger partial charge in [0.05, 0.1) is 5.75 Å². The highest BCUT2D eigenvalue weighted by molar-refractivity contribution is 7.89. The fraction of sp³-hybridized carbons (Fsp3) is 0.600. The van der Waals surface area contributed by atoms with Crippen molar-refractivity contribution in [2.24, 2.45) is 0 Å². The van der Waals surface area contributed by atoms with Crippen molar-refractivity contribution in [3.63, 3.8) is 0 Å². The first-order valence-corrected chi connectivity index (χ1v) is 7.67. The Hall–Kier alpha value is -0.390. The van der Waals surface area contributed by atoms with Gasteiger partial charge in [-0.2, -0.15) is 0 Å². The number of hydrogen-bond donors (Lipinski definition) is 0. The lowest BCUT2D eigenvalue weighted by Crippen LogP contribution is -2.38. The largest absolute Gasteiger partial charge is 0.214 e. The average Bonchev–Trinajstić information content (AvgIpc) is 2.68. The topological polar surface area (TPSA) is 37.4 Å². The van der Waals surface area contributed by atoms with Gasteiger partial charge < -0.3 is 0 Å². The van der Waals surface area contributed by atoms with Crippen LogP contribution in [0.15, 0.2) is 17.5 Å². The third kappa shape index (κ3) is 2.80. The van der Waals surface area contributed by atoms with Crippen molar-refractivity contribution in [3.05, 3.63) is 22.4 Å². The monoisotopic (exact) mass is 245 g/mol. The highest BCUT2D eigenvalue weighted by Crippen LogP contribution is 2.16. The number of rotatable bonds is 3. The summed E-state index contributed by atoms with van der Waals surface area (Å²) in [6, 6.07) is 4.06. The average molecular weight is 245 g/mol. The second-order valence-electron chi connectivity index (χ2n) is 3.75. The first-order chi connectivity index (χ1) is 7.18. The molecular formula is C10H15NO2S2. The second-order valence-corrected chi connectivity index (χ2v) is 6.87. The summed E-state index contributed by atoms with van der Waals surface area (Å²) in [5.41, 5.74) is 0. The van der Waals surface area contributed by atoms with Crippen molar-refractivity contribution in [1.82, 2.24) is 4.31 Å². The molecule has 1 aromatic rings. The molecule has 0 aliphatic carbocycles. The molecule has 0 bridgehead atoms. The molecule has 2 heterocycles. The minimum Gasteiger partial charge on any atom is -0.212 e. The van der Waals surface area contributed by atoms with E-state index in [0.717, 1.165) is 19.3 Å². The molecule has 1 aliphatic heterocycles. The van der Waals surface area contributed by atoms with Crippen LogP contribution in [0.4, 0.5) is 0 Å². The first kappa shape index (κ1) is 11.1. The van der Waals surface area contributed by atoms with Gasteiger partial charge in [0.25, 0.3) is 0 Å². The maximum Gasteiger partial charge on any atom is 0.214 e. The van der Waals surface area contributed by atoms with Gasteiger partial charge in [-0.25, -0.2) is 12.7 Å². The van der Waals surface area contributed by atoms with Crippen LogP contribution in [-0.4, -0.2) is 31.6 Å². The molecular weight excluding hydrogens is 230 g/mol. The summed E-state index contributed by atoms with van der Waals surface area (Å²) >= 11 is 1.69. The van der Waals surface area contributed by atoms with Gasteiger partial charge >= 0.3 is 0 Å². The summed E-state index contributed by atoms with van der Waals surface area (Å²) in [6.45, 7) is 1.34. The Morgan fingerprint density at radius 2 is 2.27 bits per heavy atom. The molecule has 1 saturated heterocycles. The fourth-order valence-corrected chi connectivity index (χ4v) is 4.08. The van der Waals surface area contributed by atoms with E-state index in [9.17, 15) is 8.42 Å². The Labute approximate surface area is 94.8 Å². The highest BCUT2D eigenvalue weighted by atomic mass is 32.2. The smallest absolute Gasteiger partial charge is 0.212 e. The van der Waals surface area contributed by atoms with Crippen LogP contribution in [0, 0.1) is 0 Å². The van der Waals surface area contributed by atoms with E-state index >= 15 is 0 Å².